The van der Waals surface area contributed by atoms with Gasteiger partial charge in [-0.25, -0.2) is 0 Å². The van der Waals surface area contributed by atoms with Crippen LogP contribution in [0.4, 0.5) is 5.69 Å². The van der Waals surface area contributed by atoms with Crippen LogP contribution in [0.3, 0.4) is 0 Å². The van der Waals surface area contributed by atoms with Gasteiger partial charge in [0, 0.05) is 37.5 Å². The third-order valence-electron chi connectivity index (χ3n) is 2.66. The molecular formula is C13H16N2O5. The molecule has 7 nitrogen and oxygen atoms in total. The van der Waals surface area contributed by atoms with Gasteiger partial charge in [0.15, 0.2) is 5.75 Å². The normalized spacial score (nSPS) is 10.9. The van der Waals surface area contributed by atoms with Gasteiger partial charge in [0.25, 0.3) is 0 Å². The molecule has 0 heterocycles. The molecule has 0 saturated carbocycles. The zero-order valence-corrected chi connectivity index (χ0v) is 11.7. The van der Waals surface area contributed by atoms with Gasteiger partial charge in [-0.05, 0) is 6.07 Å². The Hall–Kier alpha value is -2.57. The number of nitro benzene ring substituents is 1. The largest absolute Gasteiger partial charge is 0.493 e. The highest BCUT2D eigenvalue weighted by molar-refractivity contribution is 5.82. The van der Waals surface area contributed by atoms with E-state index in [4.69, 9.17) is 9.47 Å². The Morgan fingerprint density at radius 1 is 1.30 bits per heavy atom. The fraction of sp³-hybridized carbons (Fsp3) is 0.308. The average Bonchev–Trinajstić information content (AvgIpc) is 2.42. The summed E-state index contributed by atoms with van der Waals surface area (Å²) in [6, 6.07) is 2.93. The lowest BCUT2D eigenvalue weighted by molar-refractivity contribution is -0.385. The van der Waals surface area contributed by atoms with Gasteiger partial charge in [-0.15, -0.1) is 0 Å². The quantitative estimate of drug-likeness (QED) is 0.341. The van der Waals surface area contributed by atoms with Crippen molar-refractivity contribution >= 4 is 17.7 Å². The average molecular weight is 280 g/mol. The number of aldehydes is 1. The molecule has 1 aromatic carbocycles. The van der Waals surface area contributed by atoms with E-state index in [1.807, 2.05) is 0 Å². The number of nitrogens with zero attached hydrogens (tertiary/aromatic N) is 2. The number of allylic oxidation sites excluding steroid dienone is 1. The van der Waals surface area contributed by atoms with Gasteiger partial charge in [-0.1, -0.05) is 0 Å². The minimum atomic E-state index is -0.557. The SMILES string of the molecule is COc1cc(C(=CC=O)N(C)C)cc([N+](=O)[O-])c1OC. The maximum atomic E-state index is 11.1. The molecule has 1 rings (SSSR count). The Morgan fingerprint density at radius 2 is 1.95 bits per heavy atom. The number of nitro groups is 1. The predicted octanol–water partition coefficient (Wildman–Crippen LogP) is 1.71. The first-order chi connectivity index (χ1) is 9.46. The molecule has 0 fully saturated rings. The predicted molar refractivity (Wildman–Crippen MR) is 73.9 cm³/mol. The number of hydrogen-bond acceptors (Lipinski definition) is 6. The summed E-state index contributed by atoms with van der Waals surface area (Å²) in [6.45, 7) is 0. The van der Waals surface area contributed by atoms with Gasteiger partial charge in [0.05, 0.1) is 19.1 Å². The van der Waals surface area contributed by atoms with E-state index < -0.39 is 4.92 Å². The first-order valence-electron chi connectivity index (χ1n) is 5.69. The third kappa shape index (κ3) is 3.05. The minimum absolute atomic E-state index is 0.0467. The molecule has 108 valence electrons. The summed E-state index contributed by atoms with van der Waals surface area (Å²) in [5.74, 6) is 0.279. The summed E-state index contributed by atoms with van der Waals surface area (Å²) in [7, 11) is 6.19. The van der Waals surface area contributed by atoms with Gasteiger partial charge in [-0.3, -0.25) is 14.9 Å². The van der Waals surface area contributed by atoms with Crippen molar-refractivity contribution < 1.29 is 19.2 Å². The van der Waals surface area contributed by atoms with E-state index in [2.05, 4.69) is 0 Å². The van der Waals surface area contributed by atoms with Crippen molar-refractivity contribution in [3.05, 3.63) is 33.9 Å². The van der Waals surface area contributed by atoms with Gasteiger partial charge in [-0.2, -0.15) is 0 Å². The van der Waals surface area contributed by atoms with Gasteiger partial charge in [0.1, 0.15) is 6.29 Å². The summed E-state index contributed by atoms with van der Waals surface area (Å²) in [6.07, 6.45) is 1.95. The number of carbonyl (C=O) groups is 1. The molecule has 0 atom stereocenters. The Balaban J connectivity index is 3.57. The van der Waals surface area contributed by atoms with Crippen molar-refractivity contribution in [2.75, 3.05) is 28.3 Å². The number of benzene rings is 1. The molecule has 0 unspecified atom stereocenters. The maximum Gasteiger partial charge on any atom is 0.315 e. The van der Waals surface area contributed by atoms with Crippen molar-refractivity contribution in [2.24, 2.45) is 0 Å². The molecule has 1 aromatic rings. The van der Waals surface area contributed by atoms with Crippen LogP contribution in [0.2, 0.25) is 0 Å². The topological polar surface area (TPSA) is 81.9 Å². The summed E-state index contributed by atoms with van der Waals surface area (Å²) >= 11 is 0. The zero-order valence-electron chi connectivity index (χ0n) is 11.7. The molecule has 0 aliphatic carbocycles. The van der Waals surface area contributed by atoms with Crippen molar-refractivity contribution in [1.29, 1.82) is 0 Å². The Labute approximate surface area is 116 Å². The van der Waals surface area contributed by atoms with Crippen LogP contribution in [0.1, 0.15) is 5.56 Å². The van der Waals surface area contributed by atoms with Gasteiger partial charge >= 0.3 is 5.69 Å². The molecule has 0 bridgehead atoms. The van der Waals surface area contributed by atoms with E-state index in [1.165, 1.54) is 26.4 Å². The number of ether oxygens (including phenoxy) is 2. The van der Waals surface area contributed by atoms with E-state index >= 15 is 0 Å². The fourth-order valence-corrected chi connectivity index (χ4v) is 1.80. The van der Waals surface area contributed by atoms with Crippen LogP contribution in [0, 0.1) is 10.1 Å². The molecule has 0 aliphatic heterocycles. The Kier molecular flexibility index (Phi) is 5.08. The van der Waals surface area contributed by atoms with Gasteiger partial charge in [0.2, 0.25) is 5.75 Å². The summed E-state index contributed by atoms with van der Waals surface area (Å²) in [5.41, 5.74) is 0.802. The second-order valence-corrected chi connectivity index (χ2v) is 4.07. The second-order valence-electron chi connectivity index (χ2n) is 4.07. The third-order valence-corrected chi connectivity index (χ3v) is 2.66. The fourth-order valence-electron chi connectivity index (χ4n) is 1.80. The molecule has 0 radical (unpaired) electrons. The minimum Gasteiger partial charge on any atom is -0.493 e. The first kappa shape index (κ1) is 15.5. The summed E-state index contributed by atoms with van der Waals surface area (Å²) in [4.78, 5) is 22.9. The summed E-state index contributed by atoms with van der Waals surface area (Å²) < 4.78 is 10.1. The van der Waals surface area contributed by atoms with E-state index in [9.17, 15) is 14.9 Å². The number of carbonyl (C=O) groups excluding carboxylic acids is 1. The highest BCUT2D eigenvalue weighted by Crippen LogP contribution is 2.39. The Morgan fingerprint density at radius 3 is 2.35 bits per heavy atom. The van der Waals surface area contributed by atoms with Crippen molar-refractivity contribution in [1.82, 2.24) is 4.90 Å². The molecule has 0 N–H and O–H groups in total. The highest BCUT2D eigenvalue weighted by Gasteiger charge is 2.23. The van der Waals surface area contributed by atoms with Crippen LogP contribution in [0.15, 0.2) is 18.2 Å². The number of methoxy groups -OCH3 is 2. The standard InChI is InChI=1S/C13H16N2O5/c1-14(2)10(5-6-16)9-7-11(15(17)18)13(20-4)12(8-9)19-3/h5-8H,1-4H3. The van der Waals surface area contributed by atoms with Crippen LogP contribution in [-0.4, -0.2) is 44.4 Å². The molecule has 0 aromatic heterocycles. The molecule has 20 heavy (non-hydrogen) atoms. The van der Waals surface area contributed by atoms with E-state index in [0.717, 1.165) is 0 Å². The van der Waals surface area contributed by atoms with E-state index in [0.29, 0.717) is 17.5 Å². The van der Waals surface area contributed by atoms with Crippen LogP contribution < -0.4 is 9.47 Å². The number of rotatable bonds is 6. The highest BCUT2D eigenvalue weighted by atomic mass is 16.6. The smallest absolute Gasteiger partial charge is 0.315 e. The lowest BCUT2D eigenvalue weighted by Crippen LogP contribution is -2.11. The maximum absolute atomic E-state index is 11.1. The zero-order chi connectivity index (χ0) is 15.3. The van der Waals surface area contributed by atoms with Crippen LogP contribution in [0.5, 0.6) is 11.5 Å². The molecule has 0 aliphatic rings. The molecule has 0 saturated heterocycles. The second kappa shape index (κ2) is 6.55. The number of hydrogen-bond donors (Lipinski definition) is 0. The molecule has 7 heteroatoms. The summed E-state index contributed by atoms with van der Waals surface area (Å²) in [5, 5.41) is 11.1. The van der Waals surface area contributed by atoms with E-state index in [1.54, 1.807) is 25.1 Å². The lowest BCUT2D eigenvalue weighted by Gasteiger charge is -2.18. The molecule has 0 spiro atoms. The van der Waals surface area contributed by atoms with Crippen LogP contribution in [0.25, 0.3) is 5.70 Å². The van der Waals surface area contributed by atoms with Gasteiger partial charge < -0.3 is 14.4 Å². The molecular weight excluding hydrogens is 264 g/mol. The van der Waals surface area contributed by atoms with Crippen molar-refractivity contribution in [3.8, 4) is 11.5 Å². The first-order valence-corrected chi connectivity index (χ1v) is 5.69. The monoisotopic (exact) mass is 280 g/mol. The molecule has 0 amide bonds. The lowest BCUT2D eigenvalue weighted by atomic mass is 10.1. The van der Waals surface area contributed by atoms with Crippen molar-refractivity contribution in [3.63, 3.8) is 0 Å². The van der Waals surface area contributed by atoms with Crippen LogP contribution >= 0.6 is 0 Å². The van der Waals surface area contributed by atoms with Crippen molar-refractivity contribution in [2.45, 2.75) is 0 Å². The van der Waals surface area contributed by atoms with E-state index in [-0.39, 0.29) is 17.2 Å². The van der Waals surface area contributed by atoms with Crippen LogP contribution in [-0.2, 0) is 4.79 Å². The Bertz CT molecular complexity index is 552.